The van der Waals surface area contributed by atoms with E-state index >= 15 is 0 Å². The van der Waals surface area contributed by atoms with Gasteiger partial charge in [-0.05, 0) is 18.2 Å². The molecule has 0 atom stereocenters. The summed E-state index contributed by atoms with van der Waals surface area (Å²) in [6.45, 7) is 0. The average molecular weight is 288 g/mol. The van der Waals surface area contributed by atoms with Gasteiger partial charge in [-0.2, -0.15) is 5.10 Å². The van der Waals surface area contributed by atoms with Crippen LogP contribution in [-0.4, -0.2) is 10.2 Å². The van der Waals surface area contributed by atoms with Gasteiger partial charge in [0.15, 0.2) is 5.82 Å². The lowest BCUT2D eigenvalue weighted by atomic mass is 10.0. The SMILES string of the molecule is Nc1n[nH]c(-c2cccc(Cl)c2)c1-c1ccccc1F. The molecule has 3 nitrogen and oxygen atoms in total. The Hall–Kier alpha value is -2.33. The summed E-state index contributed by atoms with van der Waals surface area (Å²) in [4.78, 5) is 0. The zero-order valence-corrected chi connectivity index (χ0v) is 11.2. The second-order valence-electron chi connectivity index (χ2n) is 4.35. The lowest BCUT2D eigenvalue weighted by molar-refractivity contribution is 0.631. The van der Waals surface area contributed by atoms with E-state index in [1.807, 2.05) is 12.1 Å². The number of rotatable bonds is 2. The minimum atomic E-state index is -0.344. The average Bonchev–Trinajstić information content (AvgIpc) is 2.81. The van der Waals surface area contributed by atoms with Crippen LogP contribution < -0.4 is 5.73 Å². The molecule has 0 fully saturated rings. The molecule has 3 N–H and O–H groups in total. The van der Waals surface area contributed by atoms with Gasteiger partial charge in [-0.15, -0.1) is 0 Å². The Kier molecular flexibility index (Phi) is 3.16. The smallest absolute Gasteiger partial charge is 0.153 e. The summed E-state index contributed by atoms with van der Waals surface area (Å²) in [6, 6.07) is 13.7. The number of aromatic amines is 1. The van der Waals surface area contributed by atoms with Crippen molar-refractivity contribution in [1.29, 1.82) is 0 Å². The Morgan fingerprint density at radius 2 is 1.90 bits per heavy atom. The highest BCUT2D eigenvalue weighted by molar-refractivity contribution is 6.30. The summed E-state index contributed by atoms with van der Waals surface area (Å²) in [6.07, 6.45) is 0. The quantitative estimate of drug-likeness (QED) is 0.745. The summed E-state index contributed by atoms with van der Waals surface area (Å²) in [5, 5.41) is 7.42. The molecule has 20 heavy (non-hydrogen) atoms. The zero-order chi connectivity index (χ0) is 14.1. The second kappa shape index (κ2) is 4.98. The molecule has 0 spiro atoms. The van der Waals surface area contributed by atoms with Gasteiger partial charge in [0.25, 0.3) is 0 Å². The van der Waals surface area contributed by atoms with Crippen LogP contribution in [0.15, 0.2) is 48.5 Å². The van der Waals surface area contributed by atoms with Gasteiger partial charge in [0, 0.05) is 16.1 Å². The lowest BCUT2D eigenvalue weighted by Crippen LogP contribution is -1.91. The molecular weight excluding hydrogens is 277 g/mol. The number of nitrogen functional groups attached to an aromatic ring is 1. The fourth-order valence-corrected chi connectivity index (χ4v) is 2.34. The molecule has 1 heterocycles. The van der Waals surface area contributed by atoms with Crippen LogP contribution in [0.25, 0.3) is 22.4 Å². The van der Waals surface area contributed by atoms with Crippen LogP contribution in [-0.2, 0) is 0 Å². The Labute approximate surface area is 120 Å². The highest BCUT2D eigenvalue weighted by Crippen LogP contribution is 2.36. The largest absolute Gasteiger partial charge is 0.382 e. The number of nitrogens with two attached hydrogens (primary N) is 1. The number of hydrogen-bond donors (Lipinski definition) is 2. The van der Waals surface area contributed by atoms with Gasteiger partial charge in [-0.25, -0.2) is 4.39 Å². The third kappa shape index (κ3) is 2.14. The number of aromatic nitrogens is 2. The molecular formula is C15H11ClFN3. The number of halogens is 2. The van der Waals surface area contributed by atoms with Crippen LogP contribution in [0, 0.1) is 5.82 Å². The first-order valence-corrected chi connectivity index (χ1v) is 6.39. The second-order valence-corrected chi connectivity index (χ2v) is 4.79. The van der Waals surface area contributed by atoms with E-state index < -0.39 is 0 Å². The maximum atomic E-state index is 14.0. The van der Waals surface area contributed by atoms with Gasteiger partial charge in [-0.1, -0.05) is 41.9 Å². The fourth-order valence-electron chi connectivity index (χ4n) is 2.15. The topological polar surface area (TPSA) is 54.7 Å². The molecule has 3 aromatic rings. The molecule has 1 aromatic heterocycles. The molecule has 0 aliphatic heterocycles. The monoisotopic (exact) mass is 287 g/mol. The van der Waals surface area contributed by atoms with E-state index in [4.69, 9.17) is 17.3 Å². The molecule has 0 saturated heterocycles. The summed E-state index contributed by atoms with van der Waals surface area (Å²) >= 11 is 5.99. The molecule has 0 bridgehead atoms. The Balaban J connectivity index is 2.23. The standard InChI is InChI=1S/C15H11ClFN3/c16-10-5-3-4-9(8-10)14-13(15(18)20-19-14)11-6-1-2-7-12(11)17/h1-8H,(H3,18,19,20). The summed E-state index contributed by atoms with van der Waals surface area (Å²) in [5.74, 6) is -0.0889. The third-order valence-electron chi connectivity index (χ3n) is 3.05. The molecule has 0 radical (unpaired) electrons. The Morgan fingerprint density at radius 3 is 2.65 bits per heavy atom. The third-order valence-corrected chi connectivity index (χ3v) is 3.29. The van der Waals surface area contributed by atoms with Gasteiger partial charge < -0.3 is 5.73 Å². The van der Waals surface area contributed by atoms with Crippen molar-refractivity contribution in [3.63, 3.8) is 0 Å². The Morgan fingerprint density at radius 1 is 1.10 bits per heavy atom. The van der Waals surface area contributed by atoms with Crippen LogP contribution in [0.1, 0.15) is 0 Å². The van der Waals surface area contributed by atoms with Gasteiger partial charge in [-0.3, -0.25) is 5.10 Å². The number of nitrogens with zero attached hydrogens (tertiary/aromatic N) is 1. The number of H-pyrrole nitrogens is 1. The molecule has 100 valence electrons. The molecule has 2 aromatic carbocycles. The van der Waals surface area contributed by atoms with Crippen molar-refractivity contribution in [1.82, 2.24) is 10.2 Å². The van der Waals surface area contributed by atoms with Crippen molar-refractivity contribution in [2.75, 3.05) is 5.73 Å². The van der Waals surface area contributed by atoms with Crippen LogP contribution in [0.4, 0.5) is 10.2 Å². The number of nitrogens with one attached hydrogen (secondary N) is 1. The maximum Gasteiger partial charge on any atom is 0.153 e. The van der Waals surface area contributed by atoms with E-state index in [2.05, 4.69) is 10.2 Å². The van der Waals surface area contributed by atoms with Crippen molar-refractivity contribution in [2.45, 2.75) is 0 Å². The van der Waals surface area contributed by atoms with E-state index in [0.29, 0.717) is 21.8 Å². The molecule has 0 aliphatic carbocycles. The first-order chi connectivity index (χ1) is 9.66. The van der Waals surface area contributed by atoms with E-state index in [1.54, 1.807) is 30.3 Å². The number of hydrogen-bond acceptors (Lipinski definition) is 2. The summed E-state index contributed by atoms with van der Waals surface area (Å²) in [5.41, 5.74) is 8.29. The number of benzene rings is 2. The van der Waals surface area contributed by atoms with Crippen molar-refractivity contribution >= 4 is 17.4 Å². The predicted molar refractivity (Wildman–Crippen MR) is 78.8 cm³/mol. The Bertz CT molecular complexity index is 767. The predicted octanol–water partition coefficient (Wildman–Crippen LogP) is 4.12. The van der Waals surface area contributed by atoms with E-state index in [-0.39, 0.29) is 11.6 Å². The maximum absolute atomic E-state index is 14.0. The molecule has 0 unspecified atom stereocenters. The van der Waals surface area contributed by atoms with Crippen molar-refractivity contribution in [3.05, 3.63) is 59.4 Å². The van der Waals surface area contributed by atoms with Gasteiger partial charge in [0.1, 0.15) is 5.82 Å². The highest BCUT2D eigenvalue weighted by atomic mass is 35.5. The summed E-state index contributed by atoms with van der Waals surface area (Å²) < 4.78 is 14.0. The fraction of sp³-hybridized carbons (Fsp3) is 0. The van der Waals surface area contributed by atoms with Gasteiger partial charge in [0.05, 0.1) is 11.3 Å². The van der Waals surface area contributed by atoms with E-state index in [0.717, 1.165) is 5.56 Å². The summed E-state index contributed by atoms with van der Waals surface area (Å²) in [7, 11) is 0. The molecule has 0 aliphatic rings. The van der Waals surface area contributed by atoms with Crippen molar-refractivity contribution in [2.24, 2.45) is 0 Å². The van der Waals surface area contributed by atoms with Crippen LogP contribution in [0.5, 0.6) is 0 Å². The zero-order valence-electron chi connectivity index (χ0n) is 10.4. The minimum Gasteiger partial charge on any atom is -0.382 e. The van der Waals surface area contributed by atoms with Gasteiger partial charge >= 0.3 is 0 Å². The molecule has 3 rings (SSSR count). The van der Waals surface area contributed by atoms with E-state index in [1.165, 1.54) is 6.07 Å². The minimum absolute atomic E-state index is 0.255. The molecule has 0 amide bonds. The van der Waals surface area contributed by atoms with Crippen LogP contribution >= 0.6 is 11.6 Å². The molecule has 0 saturated carbocycles. The van der Waals surface area contributed by atoms with Crippen LogP contribution in [0.3, 0.4) is 0 Å². The number of anilines is 1. The normalized spacial score (nSPS) is 10.7. The van der Waals surface area contributed by atoms with Crippen LogP contribution in [0.2, 0.25) is 5.02 Å². The first kappa shape index (κ1) is 12.7. The van der Waals surface area contributed by atoms with E-state index in [9.17, 15) is 4.39 Å². The highest BCUT2D eigenvalue weighted by Gasteiger charge is 2.17. The van der Waals surface area contributed by atoms with Crippen molar-refractivity contribution < 1.29 is 4.39 Å². The van der Waals surface area contributed by atoms with Gasteiger partial charge in [0.2, 0.25) is 0 Å². The lowest BCUT2D eigenvalue weighted by Gasteiger charge is -2.06. The first-order valence-electron chi connectivity index (χ1n) is 6.01. The van der Waals surface area contributed by atoms with Crippen molar-refractivity contribution in [3.8, 4) is 22.4 Å². The molecule has 5 heteroatoms.